The average Bonchev–Trinajstić information content (AvgIpc) is 3.09. The molecule has 3 unspecified atom stereocenters. The highest BCUT2D eigenvalue weighted by molar-refractivity contribution is 5.98. The number of carbonyl (C=O) groups is 1. The van der Waals surface area contributed by atoms with Gasteiger partial charge in [-0.2, -0.15) is 0 Å². The number of hydrogen-bond acceptors (Lipinski definition) is 2. The summed E-state index contributed by atoms with van der Waals surface area (Å²) in [6.07, 6.45) is 1.22. The Morgan fingerprint density at radius 1 is 1.10 bits per heavy atom. The fraction of sp³-hybridized carbons (Fsp3) is 0.353. The monoisotopic (exact) mass is 266 g/mol. The third-order valence-corrected chi connectivity index (χ3v) is 4.66. The highest BCUT2D eigenvalue weighted by atomic mass is 16.1. The van der Waals surface area contributed by atoms with E-state index in [-0.39, 0.29) is 5.91 Å². The van der Waals surface area contributed by atoms with Crippen molar-refractivity contribution in [2.75, 3.05) is 19.6 Å². The molecule has 3 nitrogen and oxygen atoms in total. The van der Waals surface area contributed by atoms with Gasteiger partial charge in [0.25, 0.3) is 5.91 Å². The largest absolute Gasteiger partial charge is 0.348 e. The minimum atomic E-state index is 0.0644. The van der Waals surface area contributed by atoms with E-state index >= 15 is 0 Å². The Kier molecular flexibility index (Phi) is 2.74. The molecule has 2 aliphatic rings. The van der Waals surface area contributed by atoms with Gasteiger partial charge in [0.05, 0.1) is 0 Å². The van der Waals surface area contributed by atoms with Crippen LogP contribution in [0.4, 0.5) is 0 Å². The molecule has 1 N–H and O–H groups in total. The Hall–Kier alpha value is -1.87. The molecule has 2 fully saturated rings. The van der Waals surface area contributed by atoms with E-state index in [1.807, 2.05) is 30.3 Å². The highest BCUT2D eigenvalue weighted by Crippen LogP contribution is 2.28. The first-order valence-corrected chi connectivity index (χ1v) is 7.31. The van der Waals surface area contributed by atoms with Crippen LogP contribution < -0.4 is 5.32 Å². The number of nitrogens with one attached hydrogen (secondary N) is 1. The quantitative estimate of drug-likeness (QED) is 0.904. The van der Waals surface area contributed by atoms with Gasteiger partial charge in [-0.3, -0.25) is 4.79 Å². The molecule has 0 radical (unpaired) electrons. The zero-order valence-corrected chi connectivity index (χ0v) is 11.4. The van der Waals surface area contributed by atoms with Gasteiger partial charge in [-0.15, -0.1) is 0 Å². The third kappa shape index (κ3) is 1.98. The second-order valence-corrected chi connectivity index (χ2v) is 5.95. The van der Waals surface area contributed by atoms with Crippen LogP contribution in [0.3, 0.4) is 0 Å². The number of benzene rings is 2. The topological polar surface area (TPSA) is 32.3 Å². The summed E-state index contributed by atoms with van der Waals surface area (Å²) < 4.78 is 0. The number of fused-ring (bicyclic) bond motifs is 3. The first-order valence-electron chi connectivity index (χ1n) is 7.31. The number of piperidine rings is 1. The molecule has 20 heavy (non-hydrogen) atoms. The molecule has 2 aromatic rings. The lowest BCUT2D eigenvalue weighted by molar-refractivity contribution is 0.0924. The minimum absolute atomic E-state index is 0.0644. The fourth-order valence-corrected chi connectivity index (χ4v) is 3.53. The van der Waals surface area contributed by atoms with Crippen molar-refractivity contribution in [2.24, 2.45) is 5.92 Å². The molecule has 2 aromatic carbocycles. The van der Waals surface area contributed by atoms with Crippen LogP contribution in [0.2, 0.25) is 0 Å². The van der Waals surface area contributed by atoms with Crippen molar-refractivity contribution >= 4 is 16.7 Å². The maximum absolute atomic E-state index is 12.4. The molecule has 102 valence electrons. The van der Waals surface area contributed by atoms with E-state index in [0.717, 1.165) is 24.0 Å². The van der Waals surface area contributed by atoms with Crippen LogP contribution in [0.25, 0.3) is 10.8 Å². The molecular weight excluding hydrogens is 248 g/mol. The molecule has 2 aliphatic heterocycles. The maximum atomic E-state index is 12.4. The van der Waals surface area contributed by atoms with E-state index in [9.17, 15) is 4.79 Å². The second-order valence-electron chi connectivity index (χ2n) is 5.95. The summed E-state index contributed by atoms with van der Waals surface area (Å²) in [6, 6.07) is 14.4. The molecule has 1 amide bonds. The summed E-state index contributed by atoms with van der Waals surface area (Å²) in [5.74, 6) is 0.717. The number of rotatable bonds is 2. The summed E-state index contributed by atoms with van der Waals surface area (Å²) in [4.78, 5) is 14.8. The van der Waals surface area contributed by atoms with Crippen LogP contribution in [0.5, 0.6) is 0 Å². The molecule has 3 heteroatoms. The Balaban J connectivity index is 1.54. The van der Waals surface area contributed by atoms with Gasteiger partial charge >= 0.3 is 0 Å². The lowest BCUT2D eigenvalue weighted by Crippen LogP contribution is -2.43. The van der Waals surface area contributed by atoms with Crippen molar-refractivity contribution in [1.82, 2.24) is 10.2 Å². The fourth-order valence-electron chi connectivity index (χ4n) is 3.53. The summed E-state index contributed by atoms with van der Waals surface area (Å²) in [5.41, 5.74) is 0.765. The zero-order chi connectivity index (χ0) is 13.5. The highest BCUT2D eigenvalue weighted by Gasteiger charge is 2.38. The smallest absolute Gasteiger partial charge is 0.251 e. The van der Waals surface area contributed by atoms with Crippen molar-refractivity contribution in [3.63, 3.8) is 0 Å². The van der Waals surface area contributed by atoms with Crippen LogP contribution in [-0.4, -0.2) is 36.5 Å². The van der Waals surface area contributed by atoms with Crippen molar-refractivity contribution in [2.45, 2.75) is 12.5 Å². The predicted molar refractivity (Wildman–Crippen MR) is 79.7 cm³/mol. The summed E-state index contributed by atoms with van der Waals surface area (Å²) in [5, 5.41) is 5.51. The van der Waals surface area contributed by atoms with Gasteiger partial charge in [0.15, 0.2) is 0 Å². The number of hydrogen-bond donors (Lipinski definition) is 1. The van der Waals surface area contributed by atoms with Crippen LogP contribution in [0, 0.1) is 5.92 Å². The molecule has 0 aliphatic carbocycles. The summed E-state index contributed by atoms with van der Waals surface area (Å²) in [7, 11) is 0. The summed E-state index contributed by atoms with van der Waals surface area (Å²) in [6.45, 7) is 3.37. The van der Waals surface area contributed by atoms with E-state index in [1.165, 1.54) is 18.4 Å². The molecule has 0 saturated carbocycles. The van der Waals surface area contributed by atoms with Crippen molar-refractivity contribution in [1.29, 1.82) is 0 Å². The number of amides is 1. The predicted octanol–water partition coefficient (Wildman–Crippen LogP) is 2.27. The van der Waals surface area contributed by atoms with Gasteiger partial charge in [0.2, 0.25) is 0 Å². The van der Waals surface area contributed by atoms with Crippen LogP contribution in [0.15, 0.2) is 42.5 Å². The van der Waals surface area contributed by atoms with Gasteiger partial charge in [-0.1, -0.05) is 30.3 Å². The number of nitrogens with zero attached hydrogens (tertiary/aromatic N) is 1. The second kappa shape index (κ2) is 4.60. The SMILES string of the molecule is O=C(NC1CN2CCC1C2)c1ccc2ccccc2c1. The molecule has 2 heterocycles. The Morgan fingerprint density at radius 2 is 1.95 bits per heavy atom. The van der Waals surface area contributed by atoms with E-state index in [4.69, 9.17) is 0 Å². The lowest BCUT2D eigenvalue weighted by Gasteiger charge is -2.23. The van der Waals surface area contributed by atoms with E-state index in [1.54, 1.807) is 0 Å². The average molecular weight is 266 g/mol. The van der Waals surface area contributed by atoms with Crippen LogP contribution in [0.1, 0.15) is 16.8 Å². The van der Waals surface area contributed by atoms with E-state index in [2.05, 4.69) is 22.3 Å². The maximum Gasteiger partial charge on any atom is 0.251 e. The Morgan fingerprint density at radius 3 is 2.70 bits per heavy atom. The van der Waals surface area contributed by atoms with Crippen molar-refractivity contribution in [3.05, 3.63) is 48.0 Å². The van der Waals surface area contributed by atoms with Crippen LogP contribution in [-0.2, 0) is 0 Å². The Labute approximate surface area is 118 Å². The van der Waals surface area contributed by atoms with Gasteiger partial charge in [-0.25, -0.2) is 0 Å². The standard InChI is InChI=1S/C17H18N2O/c20-17(18-16-11-19-8-7-15(16)10-19)14-6-5-12-3-1-2-4-13(12)9-14/h1-6,9,15-16H,7-8,10-11H2,(H,18,20). The Bertz CT molecular complexity index is 667. The van der Waals surface area contributed by atoms with Crippen LogP contribution >= 0.6 is 0 Å². The van der Waals surface area contributed by atoms with Gasteiger partial charge in [0.1, 0.15) is 0 Å². The normalized spacial score (nSPS) is 27.9. The molecule has 3 atom stereocenters. The van der Waals surface area contributed by atoms with Gasteiger partial charge in [-0.05, 0) is 41.8 Å². The summed E-state index contributed by atoms with van der Waals surface area (Å²) >= 11 is 0. The van der Waals surface area contributed by atoms with Gasteiger partial charge < -0.3 is 10.2 Å². The molecule has 0 aromatic heterocycles. The number of carbonyl (C=O) groups excluding carboxylic acids is 1. The van der Waals surface area contributed by atoms with E-state index < -0.39 is 0 Å². The first kappa shape index (κ1) is 11.9. The lowest BCUT2D eigenvalue weighted by atomic mass is 9.99. The first-order chi connectivity index (χ1) is 9.79. The van der Waals surface area contributed by atoms with Crippen molar-refractivity contribution < 1.29 is 4.79 Å². The molecule has 0 spiro atoms. The zero-order valence-electron chi connectivity index (χ0n) is 11.4. The van der Waals surface area contributed by atoms with Gasteiger partial charge in [0, 0.05) is 24.7 Å². The minimum Gasteiger partial charge on any atom is -0.348 e. The third-order valence-electron chi connectivity index (χ3n) is 4.66. The molecule has 2 bridgehead atoms. The van der Waals surface area contributed by atoms with Crippen molar-refractivity contribution in [3.8, 4) is 0 Å². The molecule has 4 rings (SSSR count). The molecule has 2 saturated heterocycles. The van der Waals surface area contributed by atoms with E-state index in [0.29, 0.717) is 12.0 Å². The molecular formula is C17H18N2O.